The van der Waals surface area contributed by atoms with Gasteiger partial charge in [0, 0.05) is 32.7 Å². The molecule has 7 aromatic carbocycles. The van der Waals surface area contributed by atoms with Crippen molar-refractivity contribution in [3.63, 3.8) is 0 Å². The molecule has 3 heterocycles. The Labute approximate surface area is 287 Å². The number of hydrogen-bond acceptors (Lipinski definition) is 5. The third-order valence-electron chi connectivity index (χ3n) is 9.33. The Morgan fingerprint density at radius 2 is 0.920 bits per heavy atom. The SMILES string of the molecule is c1ccc(-c2cc(-c3ccc4oc5c(-c6nc(-c7ccccc7)nc(-c7ccccc7)n6)cccc5c4c3)c3c(c2)oc2ccccc23)cc1. The topological polar surface area (TPSA) is 65.0 Å². The summed E-state index contributed by atoms with van der Waals surface area (Å²) in [5.74, 6) is 1.78. The van der Waals surface area contributed by atoms with Gasteiger partial charge in [0.15, 0.2) is 17.5 Å². The number of hydrogen-bond donors (Lipinski definition) is 0. The molecule has 0 saturated carbocycles. The number of aromatic nitrogens is 3. The molecular formula is C45H27N3O2. The lowest BCUT2D eigenvalue weighted by Crippen LogP contribution is -2.00. The first kappa shape index (κ1) is 28.2. The fourth-order valence-electron chi connectivity index (χ4n) is 6.95. The molecule has 0 unspecified atom stereocenters. The van der Waals surface area contributed by atoms with Gasteiger partial charge in [-0.2, -0.15) is 0 Å². The van der Waals surface area contributed by atoms with Crippen LogP contribution in [-0.4, -0.2) is 15.0 Å². The van der Waals surface area contributed by atoms with E-state index < -0.39 is 0 Å². The molecule has 5 heteroatoms. The minimum Gasteiger partial charge on any atom is -0.456 e. The second kappa shape index (κ2) is 11.4. The molecule has 0 saturated heterocycles. The van der Waals surface area contributed by atoms with Gasteiger partial charge in [-0.3, -0.25) is 0 Å². The van der Waals surface area contributed by atoms with E-state index in [0.29, 0.717) is 17.5 Å². The van der Waals surface area contributed by atoms with Crippen LogP contribution in [0.4, 0.5) is 0 Å². The van der Waals surface area contributed by atoms with Gasteiger partial charge in [-0.25, -0.2) is 15.0 Å². The zero-order valence-corrected chi connectivity index (χ0v) is 26.7. The molecular weight excluding hydrogens is 615 g/mol. The van der Waals surface area contributed by atoms with Crippen molar-refractivity contribution in [3.05, 3.63) is 164 Å². The third kappa shape index (κ3) is 4.67. The van der Waals surface area contributed by atoms with E-state index in [4.69, 9.17) is 23.8 Å². The predicted octanol–water partition coefficient (Wildman–Crippen LogP) is 12.0. The molecule has 0 amide bonds. The fourth-order valence-corrected chi connectivity index (χ4v) is 6.95. The molecule has 10 aromatic rings. The molecule has 0 radical (unpaired) electrons. The number of fused-ring (bicyclic) bond motifs is 6. The molecule has 0 aliphatic rings. The normalized spacial score (nSPS) is 11.6. The van der Waals surface area contributed by atoms with Crippen molar-refractivity contribution in [1.29, 1.82) is 0 Å². The van der Waals surface area contributed by atoms with Crippen molar-refractivity contribution in [2.75, 3.05) is 0 Å². The van der Waals surface area contributed by atoms with Crippen LogP contribution in [0.3, 0.4) is 0 Å². The summed E-state index contributed by atoms with van der Waals surface area (Å²) >= 11 is 0. The predicted molar refractivity (Wildman–Crippen MR) is 202 cm³/mol. The molecule has 0 bridgehead atoms. The number of para-hydroxylation sites is 2. The van der Waals surface area contributed by atoms with Gasteiger partial charge < -0.3 is 8.83 Å². The molecule has 5 nitrogen and oxygen atoms in total. The molecule has 3 aromatic heterocycles. The van der Waals surface area contributed by atoms with Crippen LogP contribution in [0.5, 0.6) is 0 Å². The Morgan fingerprint density at radius 1 is 0.320 bits per heavy atom. The highest BCUT2D eigenvalue weighted by molar-refractivity contribution is 6.16. The highest BCUT2D eigenvalue weighted by atomic mass is 16.3. The van der Waals surface area contributed by atoms with E-state index in [1.807, 2.05) is 91.0 Å². The van der Waals surface area contributed by atoms with Crippen LogP contribution in [0.1, 0.15) is 0 Å². The Morgan fingerprint density at radius 3 is 1.64 bits per heavy atom. The van der Waals surface area contributed by atoms with E-state index in [-0.39, 0.29) is 0 Å². The molecule has 50 heavy (non-hydrogen) atoms. The highest BCUT2D eigenvalue weighted by Crippen LogP contribution is 2.42. The van der Waals surface area contributed by atoms with Crippen LogP contribution < -0.4 is 0 Å². The minimum atomic E-state index is 0.560. The van der Waals surface area contributed by atoms with E-state index in [0.717, 1.165) is 82.8 Å². The fraction of sp³-hybridized carbons (Fsp3) is 0. The van der Waals surface area contributed by atoms with Crippen molar-refractivity contribution in [1.82, 2.24) is 15.0 Å². The Balaban J connectivity index is 1.18. The lowest BCUT2D eigenvalue weighted by molar-refractivity contribution is 0.669. The smallest absolute Gasteiger partial charge is 0.167 e. The summed E-state index contributed by atoms with van der Waals surface area (Å²) in [6.07, 6.45) is 0. The maximum atomic E-state index is 6.64. The summed E-state index contributed by atoms with van der Waals surface area (Å²) in [6, 6.07) is 55.7. The number of rotatable bonds is 5. The molecule has 0 aliphatic carbocycles. The van der Waals surface area contributed by atoms with Crippen molar-refractivity contribution >= 4 is 43.9 Å². The maximum Gasteiger partial charge on any atom is 0.167 e. The van der Waals surface area contributed by atoms with Gasteiger partial charge in [0.2, 0.25) is 0 Å². The zero-order chi connectivity index (χ0) is 33.0. The monoisotopic (exact) mass is 641 g/mol. The Kier molecular flexibility index (Phi) is 6.42. The molecule has 0 atom stereocenters. The van der Waals surface area contributed by atoms with Crippen molar-refractivity contribution in [2.45, 2.75) is 0 Å². The van der Waals surface area contributed by atoms with E-state index in [1.54, 1.807) is 0 Å². The Hall–Kier alpha value is -6.85. The van der Waals surface area contributed by atoms with Gasteiger partial charge in [-0.05, 0) is 58.7 Å². The summed E-state index contributed by atoms with van der Waals surface area (Å²) in [5, 5.41) is 4.20. The second-order valence-corrected chi connectivity index (χ2v) is 12.4. The summed E-state index contributed by atoms with van der Waals surface area (Å²) in [5.41, 5.74) is 10.3. The van der Waals surface area contributed by atoms with Gasteiger partial charge in [0.25, 0.3) is 0 Å². The molecule has 0 spiro atoms. The number of benzene rings is 7. The molecule has 234 valence electrons. The number of nitrogens with zero attached hydrogens (tertiary/aromatic N) is 3. The van der Waals surface area contributed by atoms with Gasteiger partial charge >= 0.3 is 0 Å². The molecule has 0 aliphatic heterocycles. The Bertz CT molecular complexity index is 2800. The van der Waals surface area contributed by atoms with Crippen LogP contribution in [0, 0.1) is 0 Å². The average molecular weight is 642 g/mol. The van der Waals surface area contributed by atoms with Crippen LogP contribution in [0.2, 0.25) is 0 Å². The van der Waals surface area contributed by atoms with Gasteiger partial charge in [-0.15, -0.1) is 0 Å². The zero-order valence-electron chi connectivity index (χ0n) is 26.7. The first-order valence-electron chi connectivity index (χ1n) is 16.6. The lowest BCUT2D eigenvalue weighted by Gasteiger charge is -2.09. The van der Waals surface area contributed by atoms with Crippen LogP contribution in [0.25, 0.3) is 100 Å². The van der Waals surface area contributed by atoms with Crippen LogP contribution >= 0.6 is 0 Å². The first-order chi connectivity index (χ1) is 24.8. The summed E-state index contributed by atoms with van der Waals surface area (Å²) in [7, 11) is 0. The third-order valence-corrected chi connectivity index (χ3v) is 9.33. The van der Waals surface area contributed by atoms with Crippen molar-refractivity contribution in [2.24, 2.45) is 0 Å². The van der Waals surface area contributed by atoms with Crippen LogP contribution in [0.15, 0.2) is 173 Å². The van der Waals surface area contributed by atoms with E-state index in [2.05, 4.69) is 72.8 Å². The summed E-state index contributed by atoms with van der Waals surface area (Å²) < 4.78 is 13.1. The minimum absolute atomic E-state index is 0.560. The maximum absolute atomic E-state index is 6.64. The van der Waals surface area contributed by atoms with Crippen molar-refractivity contribution < 1.29 is 8.83 Å². The summed E-state index contributed by atoms with van der Waals surface area (Å²) in [4.78, 5) is 14.9. The molecule has 0 N–H and O–H groups in total. The number of furan rings is 2. The lowest BCUT2D eigenvalue weighted by atomic mass is 9.93. The van der Waals surface area contributed by atoms with E-state index in [9.17, 15) is 0 Å². The van der Waals surface area contributed by atoms with Gasteiger partial charge in [0.05, 0.1) is 5.56 Å². The average Bonchev–Trinajstić information content (AvgIpc) is 3.76. The second-order valence-electron chi connectivity index (χ2n) is 12.4. The molecule has 0 fully saturated rings. The van der Waals surface area contributed by atoms with E-state index >= 15 is 0 Å². The van der Waals surface area contributed by atoms with E-state index in [1.165, 1.54) is 0 Å². The highest BCUT2D eigenvalue weighted by Gasteiger charge is 2.20. The summed E-state index contributed by atoms with van der Waals surface area (Å²) in [6.45, 7) is 0. The van der Waals surface area contributed by atoms with Gasteiger partial charge in [-0.1, -0.05) is 127 Å². The van der Waals surface area contributed by atoms with Gasteiger partial charge in [0.1, 0.15) is 22.3 Å². The first-order valence-corrected chi connectivity index (χ1v) is 16.6. The van der Waals surface area contributed by atoms with Crippen LogP contribution in [-0.2, 0) is 0 Å². The molecule has 10 rings (SSSR count). The standard InChI is InChI=1S/C45H27N3O2/c1-4-13-28(14-5-1)32-26-36(41-34-19-10-11-22-38(34)49-40(41)27-32)31-23-24-39-37(25-31)33-20-12-21-35(42(33)50-39)45-47-43(29-15-6-2-7-16-29)46-44(48-45)30-17-8-3-9-18-30/h1-27H. The quantitative estimate of drug-likeness (QED) is 0.187. The largest absolute Gasteiger partial charge is 0.456 e. The van der Waals surface area contributed by atoms with Crippen molar-refractivity contribution in [3.8, 4) is 56.4 Å².